The van der Waals surface area contributed by atoms with Crippen molar-refractivity contribution in [3.63, 3.8) is 0 Å². The van der Waals surface area contributed by atoms with Gasteiger partial charge in [-0.05, 0) is 147 Å². The largest absolute Gasteiger partial charge is 0.310 e. The van der Waals surface area contributed by atoms with Gasteiger partial charge in [-0.25, -0.2) is 0 Å². The zero-order valence-electron chi connectivity index (χ0n) is 32.3. The molecule has 0 fully saturated rings. The van der Waals surface area contributed by atoms with Crippen molar-refractivity contribution in [3.8, 4) is 55.6 Å². The summed E-state index contributed by atoms with van der Waals surface area (Å²) in [5.74, 6) is 0. The highest BCUT2D eigenvalue weighted by atomic mass is 15.1. The molecule has 1 aliphatic carbocycles. The van der Waals surface area contributed by atoms with Crippen molar-refractivity contribution < 1.29 is 0 Å². The summed E-state index contributed by atoms with van der Waals surface area (Å²) < 4.78 is 0. The van der Waals surface area contributed by atoms with E-state index in [9.17, 15) is 0 Å². The van der Waals surface area contributed by atoms with Crippen molar-refractivity contribution in [2.45, 2.75) is 0 Å². The minimum absolute atomic E-state index is 1.10. The van der Waals surface area contributed by atoms with E-state index in [1.807, 2.05) is 0 Å². The molecule has 11 aromatic carbocycles. The summed E-state index contributed by atoms with van der Waals surface area (Å²) in [5.41, 5.74) is 15.8. The van der Waals surface area contributed by atoms with Crippen molar-refractivity contribution in [3.05, 3.63) is 224 Å². The fraction of sp³-hybridized carbons (Fsp3) is 0. The first kappa shape index (κ1) is 33.4. The molecule has 274 valence electrons. The first-order valence-corrected chi connectivity index (χ1v) is 20.4. The number of rotatable bonds is 6. The van der Waals surface area contributed by atoms with Crippen molar-refractivity contribution in [2.75, 3.05) is 4.90 Å². The molecule has 1 aliphatic rings. The minimum atomic E-state index is 1.10. The molecule has 0 heterocycles. The highest BCUT2D eigenvalue weighted by Crippen LogP contribution is 2.49. The van der Waals surface area contributed by atoms with Gasteiger partial charge >= 0.3 is 0 Å². The van der Waals surface area contributed by atoms with Gasteiger partial charge in [0.05, 0.1) is 0 Å². The second-order valence-corrected chi connectivity index (χ2v) is 15.7. The molecular weight excluding hydrogens is 711 g/mol. The number of benzene rings is 11. The lowest BCUT2D eigenvalue weighted by atomic mass is 9.96. The first-order chi connectivity index (χ1) is 29.2. The van der Waals surface area contributed by atoms with Crippen molar-refractivity contribution in [1.29, 1.82) is 0 Å². The van der Waals surface area contributed by atoms with E-state index >= 15 is 0 Å². The van der Waals surface area contributed by atoms with Crippen molar-refractivity contribution in [2.24, 2.45) is 0 Å². The van der Waals surface area contributed by atoms with Crippen LogP contribution in [0.1, 0.15) is 0 Å². The van der Waals surface area contributed by atoms with Gasteiger partial charge in [-0.15, -0.1) is 0 Å². The fourth-order valence-electron chi connectivity index (χ4n) is 9.52. The Labute approximate surface area is 343 Å². The molecule has 0 spiro atoms. The van der Waals surface area contributed by atoms with Crippen LogP contribution in [0.25, 0.3) is 98.7 Å². The number of nitrogens with zero attached hydrogens (tertiary/aromatic N) is 1. The Kier molecular flexibility index (Phi) is 7.61. The van der Waals surface area contributed by atoms with E-state index in [1.54, 1.807) is 0 Å². The van der Waals surface area contributed by atoms with Gasteiger partial charge in [0.2, 0.25) is 0 Å². The Balaban J connectivity index is 0.987. The van der Waals surface area contributed by atoms with Gasteiger partial charge in [-0.2, -0.15) is 0 Å². The summed E-state index contributed by atoms with van der Waals surface area (Å²) in [6, 6.07) is 82.6. The van der Waals surface area contributed by atoms with Crippen LogP contribution < -0.4 is 4.90 Å². The number of hydrogen-bond acceptors (Lipinski definition) is 1. The van der Waals surface area contributed by atoms with E-state index in [2.05, 4.69) is 229 Å². The first-order valence-electron chi connectivity index (χ1n) is 20.4. The highest BCUT2D eigenvalue weighted by molar-refractivity contribution is 6.16. The smallest absolute Gasteiger partial charge is 0.0467 e. The van der Waals surface area contributed by atoms with Crippen LogP contribution >= 0.6 is 0 Å². The lowest BCUT2D eigenvalue weighted by Crippen LogP contribution is -2.10. The van der Waals surface area contributed by atoms with Crippen LogP contribution in [0, 0.1) is 0 Å². The second-order valence-electron chi connectivity index (χ2n) is 15.7. The number of anilines is 3. The molecule has 0 saturated carbocycles. The molecule has 0 aromatic heterocycles. The summed E-state index contributed by atoms with van der Waals surface area (Å²) in [6.07, 6.45) is 0. The van der Waals surface area contributed by atoms with Gasteiger partial charge in [-0.3, -0.25) is 0 Å². The maximum atomic E-state index is 2.40. The van der Waals surface area contributed by atoms with Crippen LogP contribution in [0.2, 0.25) is 0 Å². The summed E-state index contributed by atoms with van der Waals surface area (Å²) in [5, 5.41) is 10.2. The van der Waals surface area contributed by atoms with E-state index in [-0.39, 0.29) is 0 Å². The lowest BCUT2D eigenvalue weighted by molar-refractivity contribution is 1.28. The standard InChI is InChI=1S/C58H37N/c1-3-19-50-38(10-1)12-7-21-51(50)40-28-31-47(32-29-40)59(48-17-5-15-43(34-48)45-27-26-41-25-24-39-11-2-4-20-52(39)56(41)36-45)49-18-6-16-44(35-49)46-30-33-53-54-22-8-13-42-14-9-23-55(58(42)54)57(53)37-46/h1-37H. The van der Waals surface area contributed by atoms with Gasteiger partial charge in [0.25, 0.3) is 0 Å². The predicted molar refractivity (Wildman–Crippen MR) is 252 cm³/mol. The average molecular weight is 748 g/mol. The molecule has 0 bridgehead atoms. The quantitative estimate of drug-likeness (QED) is 0.153. The van der Waals surface area contributed by atoms with Crippen molar-refractivity contribution in [1.82, 2.24) is 0 Å². The second kappa shape index (κ2) is 13.4. The normalized spacial score (nSPS) is 11.7. The monoisotopic (exact) mass is 747 g/mol. The summed E-state index contributed by atoms with van der Waals surface area (Å²) >= 11 is 0. The van der Waals surface area contributed by atoms with Crippen molar-refractivity contribution >= 4 is 60.2 Å². The zero-order valence-corrected chi connectivity index (χ0v) is 32.3. The molecule has 0 saturated heterocycles. The maximum absolute atomic E-state index is 2.40. The third-order valence-electron chi connectivity index (χ3n) is 12.4. The molecule has 0 aliphatic heterocycles. The molecule has 12 rings (SSSR count). The summed E-state index contributed by atoms with van der Waals surface area (Å²) in [4.78, 5) is 2.40. The summed E-state index contributed by atoms with van der Waals surface area (Å²) in [6.45, 7) is 0. The Morgan fingerprint density at radius 2 is 0.712 bits per heavy atom. The number of hydrogen-bond donors (Lipinski definition) is 0. The fourth-order valence-corrected chi connectivity index (χ4v) is 9.52. The van der Waals surface area contributed by atoms with E-state index in [0.717, 1.165) is 17.1 Å². The van der Waals surface area contributed by atoms with Crippen LogP contribution in [0.5, 0.6) is 0 Å². The van der Waals surface area contributed by atoms with Gasteiger partial charge < -0.3 is 4.90 Å². The third-order valence-corrected chi connectivity index (χ3v) is 12.4. The van der Waals surface area contributed by atoms with Gasteiger partial charge in [0.1, 0.15) is 0 Å². The lowest BCUT2D eigenvalue weighted by Gasteiger charge is -2.27. The molecule has 0 N–H and O–H groups in total. The molecule has 0 atom stereocenters. The minimum Gasteiger partial charge on any atom is -0.310 e. The van der Waals surface area contributed by atoms with Gasteiger partial charge in [0, 0.05) is 17.1 Å². The molecule has 59 heavy (non-hydrogen) atoms. The molecule has 0 unspecified atom stereocenters. The average Bonchev–Trinajstić information content (AvgIpc) is 3.63. The van der Waals surface area contributed by atoms with E-state index in [1.165, 1.54) is 98.7 Å². The molecule has 1 heteroatoms. The third kappa shape index (κ3) is 5.55. The number of fused-ring (bicyclic) bond motifs is 7. The topological polar surface area (TPSA) is 3.24 Å². The van der Waals surface area contributed by atoms with Crippen LogP contribution in [-0.2, 0) is 0 Å². The SMILES string of the molecule is c1cc(-c2ccc3c(c2)-c2cccc4cccc-3c24)cc(N(c2ccc(-c3cccc4ccccc34)cc2)c2cccc(-c3ccc4ccc5ccccc5c4c3)c2)c1. The van der Waals surface area contributed by atoms with Gasteiger partial charge in [-0.1, -0.05) is 176 Å². The van der Waals surface area contributed by atoms with Crippen LogP contribution in [0.3, 0.4) is 0 Å². The van der Waals surface area contributed by atoms with Crippen LogP contribution in [0.15, 0.2) is 224 Å². The van der Waals surface area contributed by atoms with Crippen LogP contribution in [-0.4, -0.2) is 0 Å². The maximum Gasteiger partial charge on any atom is 0.0467 e. The van der Waals surface area contributed by atoms with E-state index in [0.29, 0.717) is 0 Å². The predicted octanol–water partition coefficient (Wildman–Crippen LogP) is 16.4. The Morgan fingerprint density at radius 1 is 0.220 bits per heavy atom. The van der Waals surface area contributed by atoms with E-state index in [4.69, 9.17) is 0 Å². The highest BCUT2D eigenvalue weighted by Gasteiger charge is 2.22. The Bertz CT molecular complexity index is 3440. The van der Waals surface area contributed by atoms with E-state index < -0.39 is 0 Å². The van der Waals surface area contributed by atoms with Gasteiger partial charge in [0.15, 0.2) is 0 Å². The Hall–Kier alpha value is -7.74. The molecule has 11 aromatic rings. The molecular formula is C58H37N. The molecule has 0 radical (unpaired) electrons. The Morgan fingerprint density at radius 3 is 1.44 bits per heavy atom. The van der Waals surface area contributed by atoms with Crippen LogP contribution in [0.4, 0.5) is 17.1 Å². The molecule has 1 nitrogen and oxygen atoms in total. The summed E-state index contributed by atoms with van der Waals surface area (Å²) in [7, 11) is 0. The molecule has 0 amide bonds. The zero-order chi connectivity index (χ0) is 38.9.